The molecule has 5 atom stereocenters. The predicted octanol–water partition coefficient (Wildman–Crippen LogP) is -0.557. The zero-order chi connectivity index (χ0) is 23.0. The van der Waals surface area contributed by atoms with Crippen molar-refractivity contribution in [1.29, 1.82) is 0 Å². The first-order chi connectivity index (χ1) is 14.3. The summed E-state index contributed by atoms with van der Waals surface area (Å²) >= 11 is 0. The summed E-state index contributed by atoms with van der Waals surface area (Å²) in [4.78, 5) is 47.6. The van der Waals surface area contributed by atoms with Gasteiger partial charge in [-0.3, -0.25) is 4.52 Å². The largest absolute Gasteiger partial charge is 0.490 e. The van der Waals surface area contributed by atoms with Crippen LogP contribution in [0.4, 0.5) is 5.82 Å². The van der Waals surface area contributed by atoms with Gasteiger partial charge in [0.15, 0.2) is 11.5 Å². The number of nitrogens with zero attached hydrogens (tertiary/aromatic N) is 4. The number of hydrogen-bond acceptors (Lipinski definition) is 12. The summed E-state index contributed by atoms with van der Waals surface area (Å²) in [5, 5.41) is 10.3. The predicted molar refractivity (Wildman–Crippen MR) is 99.0 cm³/mol. The van der Waals surface area contributed by atoms with Gasteiger partial charge in [0.1, 0.15) is 17.9 Å². The van der Waals surface area contributed by atoms with Crippen molar-refractivity contribution >= 4 is 40.4 Å². The number of phosphoric acid groups is 3. The van der Waals surface area contributed by atoms with Crippen molar-refractivity contribution in [2.45, 2.75) is 24.7 Å². The fourth-order valence-corrected chi connectivity index (χ4v) is 5.84. The van der Waals surface area contributed by atoms with Crippen molar-refractivity contribution in [2.24, 2.45) is 0 Å². The first-order valence-corrected chi connectivity index (χ1v) is 12.8. The van der Waals surface area contributed by atoms with Crippen LogP contribution < -0.4 is 5.73 Å². The van der Waals surface area contributed by atoms with E-state index >= 15 is 0 Å². The smallest absolute Gasteiger partial charge is 0.390 e. The standard InChI is InChI=1S/C11H18N5O12P3/c12-10-9-11(14-4-13-10)16(5-15-9)6-1-7(17)8(25-2-6)3-26-30(21,22)28-31(23,24)27-29(18,19)20/h4-8,17H,1-3H2,(H,21,22)(H,23,24)(H2,12,13,14)(H2,18,19,20)/t6-,7-,8+/m0/s1. The molecule has 17 nitrogen and oxygen atoms in total. The van der Waals surface area contributed by atoms with Crippen molar-refractivity contribution in [3.63, 3.8) is 0 Å². The summed E-state index contributed by atoms with van der Waals surface area (Å²) in [7, 11) is -16.4. The van der Waals surface area contributed by atoms with E-state index in [1.54, 1.807) is 4.57 Å². The maximum Gasteiger partial charge on any atom is 0.490 e. The summed E-state index contributed by atoms with van der Waals surface area (Å²) < 4.78 is 52.4. The summed E-state index contributed by atoms with van der Waals surface area (Å²) in [5.74, 6) is 0.176. The quantitative estimate of drug-likeness (QED) is 0.246. The normalized spacial score (nSPS) is 26.4. The van der Waals surface area contributed by atoms with E-state index in [2.05, 4.69) is 28.1 Å². The van der Waals surface area contributed by atoms with Gasteiger partial charge in [0, 0.05) is 0 Å². The van der Waals surface area contributed by atoms with Crippen LogP contribution in [0.25, 0.3) is 11.2 Å². The molecule has 0 radical (unpaired) electrons. The molecule has 3 rings (SSSR count). The number of aromatic nitrogens is 4. The lowest BCUT2D eigenvalue weighted by molar-refractivity contribution is -0.110. The van der Waals surface area contributed by atoms with Crippen molar-refractivity contribution in [3.8, 4) is 0 Å². The number of fused-ring (bicyclic) bond motifs is 1. The number of rotatable bonds is 8. The Bertz CT molecular complexity index is 1090. The number of imidazole rings is 1. The molecule has 2 aromatic heterocycles. The van der Waals surface area contributed by atoms with Crippen molar-refractivity contribution < 1.29 is 56.3 Å². The number of phosphoric ester groups is 1. The molecule has 1 aliphatic heterocycles. The lowest BCUT2D eigenvalue weighted by Crippen LogP contribution is -2.42. The molecule has 20 heteroatoms. The Balaban J connectivity index is 1.59. The Morgan fingerprint density at radius 3 is 2.48 bits per heavy atom. The molecule has 1 fully saturated rings. The maximum absolute atomic E-state index is 11.8. The number of nitrogen functional groups attached to an aromatic ring is 1. The van der Waals surface area contributed by atoms with E-state index in [1.165, 1.54) is 12.7 Å². The Kier molecular flexibility index (Phi) is 6.99. The first kappa shape index (κ1) is 24.3. The molecule has 0 amide bonds. The highest BCUT2D eigenvalue weighted by molar-refractivity contribution is 7.66. The Hall–Kier alpha value is -1.32. The van der Waals surface area contributed by atoms with E-state index in [-0.39, 0.29) is 18.8 Å². The third kappa shape index (κ3) is 6.35. The lowest BCUT2D eigenvalue weighted by Gasteiger charge is -2.34. The van der Waals surface area contributed by atoms with Crippen LogP contribution in [0.3, 0.4) is 0 Å². The van der Waals surface area contributed by atoms with Gasteiger partial charge in [0.2, 0.25) is 0 Å². The van der Waals surface area contributed by atoms with Gasteiger partial charge in [-0.2, -0.15) is 8.62 Å². The average Bonchev–Trinajstić information content (AvgIpc) is 3.03. The number of anilines is 1. The summed E-state index contributed by atoms with van der Waals surface area (Å²) in [6, 6.07) is -0.419. The number of aliphatic hydroxyl groups is 1. The molecular weight excluding hydrogens is 487 g/mol. The molecule has 0 spiro atoms. The first-order valence-electron chi connectivity index (χ1n) is 8.27. The van der Waals surface area contributed by atoms with E-state index in [1.807, 2.05) is 0 Å². The molecule has 174 valence electrons. The van der Waals surface area contributed by atoms with Gasteiger partial charge in [-0.1, -0.05) is 0 Å². The second kappa shape index (κ2) is 8.90. The Morgan fingerprint density at radius 1 is 1.13 bits per heavy atom. The monoisotopic (exact) mass is 505 g/mol. The van der Waals surface area contributed by atoms with Crippen molar-refractivity contribution in [3.05, 3.63) is 12.7 Å². The van der Waals surface area contributed by atoms with E-state index in [0.717, 1.165) is 0 Å². The van der Waals surface area contributed by atoms with Gasteiger partial charge in [-0.05, 0) is 6.42 Å². The van der Waals surface area contributed by atoms with E-state index < -0.39 is 48.3 Å². The minimum absolute atomic E-state index is 0.0108. The number of ether oxygens (including phenoxy) is 1. The molecule has 31 heavy (non-hydrogen) atoms. The molecule has 1 aliphatic rings. The zero-order valence-electron chi connectivity index (χ0n) is 15.3. The van der Waals surface area contributed by atoms with Crippen LogP contribution in [0.5, 0.6) is 0 Å². The SMILES string of the molecule is Nc1ncnc2c1ncn2[C@@H]1CO[C@H](COP(=O)(O)OP(=O)(O)OP(=O)(O)O)[C@@H](O)C1. The summed E-state index contributed by atoms with van der Waals surface area (Å²) in [6.45, 7) is -0.742. The zero-order valence-corrected chi connectivity index (χ0v) is 18.0. The molecule has 0 aromatic carbocycles. The van der Waals surface area contributed by atoms with Gasteiger partial charge >= 0.3 is 23.5 Å². The summed E-state index contributed by atoms with van der Waals surface area (Å²) in [5.41, 5.74) is 6.51. The third-order valence-electron chi connectivity index (χ3n) is 4.04. The van der Waals surface area contributed by atoms with Gasteiger partial charge in [-0.25, -0.2) is 28.6 Å². The highest BCUT2D eigenvalue weighted by Crippen LogP contribution is 2.66. The molecule has 2 unspecified atom stereocenters. The fourth-order valence-electron chi connectivity index (χ4n) is 2.81. The fraction of sp³-hybridized carbons (Fsp3) is 0.545. The van der Waals surface area contributed by atoms with Crippen LogP contribution >= 0.6 is 23.5 Å². The molecule has 1 saturated heterocycles. The van der Waals surface area contributed by atoms with Crippen LogP contribution in [-0.2, 0) is 31.6 Å². The van der Waals surface area contributed by atoms with E-state index in [4.69, 9.17) is 25.2 Å². The van der Waals surface area contributed by atoms with Gasteiger partial charge < -0.3 is 39.7 Å². The van der Waals surface area contributed by atoms with Crippen LogP contribution in [0.15, 0.2) is 12.7 Å². The molecule has 0 bridgehead atoms. The molecule has 0 aliphatic carbocycles. The van der Waals surface area contributed by atoms with Gasteiger partial charge in [-0.15, -0.1) is 0 Å². The van der Waals surface area contributed by atoms with E-state index in [0.29, 0.717) is 11.2 Å². The van der Waals surface area contributed by atoms with E-state index in [9.17, 15) is 23.7 Å². The molecule has 7 N–H and O–H groups in total. The molecule has 3 heterocycles. The number of aliphatic hydroxyl groups excluding tert-OH is 1. The number of hydrogen-bond donors (Lipinski definition) is 6. The molecular formula is C11H18N5O12P3. The average molecular weight is 505 g/mol. The van der Waals surface area contributed by atoms with Crippen molar-refractivity contribution in [2.75, 3.05) is 18.9 Å². The highest BCUT2D eigenvalue weighted by Gasteiger charge is 2.42. The maximum atomic E-state index is 11.8. The Morgan fingerprint density at radius 2 is 1.84 bits per heavy atom. The lowest BCUT2D eigenvalue weighted by atomic mass is 10.0. The van der Waals surface area contributed by atoms with Crippen LogP contribution in [0.2, 0.25) is 0 Å². The topological polar surface area (TPSA) is 259 Å². The van der Waals surface area contributed by atoms with Crippen LogP contribution in [0, 0.1) is 0 Å². The minimum atomic E-state index is -5.63. The van der Waals surface area contributed by atoms with Crippen LogP contribution in [-0.4, -0.2) is 69.6 Å². The van der Waals surface area contributed by atoms with Gasteiger partial charge in [0.05, 0.1) is 31.7 Å². The minimum Gasteiger partial charge on any atom is -0.390 e. The molecule has 0 saturated carbocycles. The van der Waals surface area contributed by atoms with Crippen molar-refractivity contribution in [1.82, 2.24) is 19.5 Å². The Labute approximate surface area is 173 Å². The third-order valence-corrected chi connectivity index (χ3v) is 7.85. The second-order valence-electron chi connectivity index (χ2n) is 6.30. The number of nitrogens with two attached hydrogens (primary N) is 1. The summed E-state index contributed by atoms with van der Waals surface area (Å²) in [6.07, 6.45) is 0.461. The van der Waals surface area contributed by atoms with Gasteiger partial charge in [0.25, 0.3) is 0 Å². The highest BCUT2D eigenvalue weighted by atomic mass is 31.3. The van der Waals surface area contributed by atoms with Crippen LogP contribution in [0.1, 0.15) is 12.5 Å². The second-order valence-corrected chi connectivity index (χ2v) is 10.7. The molecule has 2 aromatic rings.